The van der Waals surface area contributed by atoms with Gasteiger partial charge in [-0.2, -0.15) is 0 Å². The van der Waals surface area contributed by atoms with Crippen LogP contribution < -0.4 is 19.5 Å². The molecule has 0 atom stereocenters. The summed E-state index contributed by atoms with van der Waals surface area (Å²) in [5.74, 6) is 4.20. The number of ether oxygens (including phenoxy) is 3. The molecular formula is C57H80N4O4. The van der Waals surface area contributed by atoms with E-state index in [2.05, 4.69) is 74.0 Å². The quantitative estimate of drug-likeness (QED) is 0.0445. The Kier molecular flexibility index (Phi) is 26.2. The lowest BCUT2D eigenvalue weighted by Crippen LogP contribution is -2.39. The van der Waals surface area contributed by atoms with E-state index in [4.69, 9.17) is 14.2 Å². The highest BCUT2D eigenvalue weighted by Crippen LogP contribution is 2.23. The zero-order valence-electron chi connectivity index (χ0n) is 40.5. The molecule has 0 spiro atoms. The highest BCUT2D eigenvalue weighted by atomic mass is 16.5. The lowest BCUT2D eigenvalue weighted by atomic mass is 10.1. The van der Waals surface area contributed by atoms with E-state index in [0.29, 0.717) is 25.3 Å². The predicted octanol–water partition coefficient (Wildman–Crippen LogP) is 13.7. The maximum Gasteiger partial charge on any atom is 0.254 e. The van der Waals surface area contributed by atoms with Crippen molar-refractivity contribution in [2.75, 3.05) is 59.0 Å². The number of nitrogens with zero attached hydrogens (tertiary/aromatic N) is 3. The monoisotopic (exact) mass is 885 g/mol. The second-order valence-corrected chi connectivity index (χ2v) is 16.8. The minimum atomic E-state index is 0.0469. The van der Waals surface area contributed by atoms with Crippen molar-refractivity contribution >= 4 is 5.91 Å². The number of nitrogens with one attached hydrogen (secondary N) is 1. The molecule has 0 aromatic heterocycles. The van der Waals surface area contributed by atoms with Crippen LogP contribution in [0.25, 0.3) is 0 Å². The molecule has 0 aliphatic carbocycles. The second kappa shape index (κ2) is 32.5. The fraction of sp³-hybridized carbons (Fsp3) is 0.456. The third-order valence-electron chi connectivity index (χ3n) is 11.3. The first-order valence-corrected chi connectivity index (χ1v) is 24.8. The van der Waals surface area contributed by atoms with Crippen LogP contribution in [0.4, 0.5) is 0 Å². The van der Waals surface area contributed by atoms with E-state index in [1.807, 2.05) is 114 Å². The highest BCUT2D eigenvalue weighted by molar-refractivity contribution is 5.94. The van der Waals surface area contributed by atoms with E-state index >= 15 is 0 Å². The minimum Gasteiger partial charge on any atom is -0.494 e. The van der Waals surface area contributed by atoms with Crippen molar-refractivity contribution in [1.82, 2.24) is 20.0 Å². The van der Waals surface area contributed by atoms with Gasteiger partial charge >= 0.3 is 0 Å². The van der Waals surface area contributed by atoms with Gasteiger partial charge in [0, 0.05) is 44.8 Å². The number of rotatable bonds is 31. The third-order valence-corrected chi connectivity index (χ3v) is 11.3. The summed E-state index contributed by atoms with van der Waals surface area (Å²) in [6, 6.07) is 43.7. The van der Waals surface area contributed by atoms with Crippen molar-refractivity contribution in [3.8, 4) is 28.7 Å². The average Bonchev–Trinajstić information content (AvgIpc) is 3.34. The van der Waals surface area contributed by atoms with Crippen LogP contribution in [0, 0.1) is 0 Å². The molecule has 0 saturated carbocycles. The molecular weight excluding hydrogens is 805 g/mol. The van der Waals surface area contributed by atoms with E-state index in [1.165, 1.54) is 70.0 Å². The largest absolute Gasteiger partial charge is 0.494 e. The SMILES string of the molecule is CCCCN(CCCC)CCNCc1ccc(Oc2ccccc2)cc1.CCCCOc1ccc(C(=O)N(CCN(CCCC)CCCC)Cc2ccc(Oc3ccccc3)cc2)cc1. The summed E-state index contributed by atoms with van der Waals surface area (Å²) >= 11 is 0. The number of carbonyl (C=O) groups excluding carboxylic acids is 1. The van der Waals surface area contributed by atoms with Crippen molar-refractivity contribution in [1.29, 1.82) is 0 Å². The Morgan fingerprint density at radius 1 is 0.446 bits per heavy atom. The lowest BCUT2D eigenvalue weighted by molar-refractivity contribution is 0.0720. The molecule has 8 heteroatoms. The maximum atomic E-state index is 13.7. The van der Waals surface area contributed by atoms with Crippen LogP contribution in [-0.2, 0) is 13.1 Å². The number of hydrogen-bond donors (Lipinski definition) is 1. The lowest BCUT2D eigenvalue weighted by Gasteiger charge is -2.28. The van der Waals surface area contributed by atoms with Gasteiger partial charge in [-0.3, -0.25) is 4.79 Å². The first kappa shape index (κ1) is 52.5. The van der Waals surface area contributed by atoms with Gasteiger partial charge in [0.15, 0.2) is 0 Å². The Labute approximate surface area is 393 Å². The maximum absolute atomic E-state index is 13.7. The van der Waals surface area contributed by atoms with Crippen LogP contribution in [-0.4, -0.2) is 79.6 Å². The fourth-order valence-electron chi connectivity index (χ4n) is 7.20. The first-order chi connectivity index (χ1) is 31.9. The summed E-state index contributed by atoms with van der Waals surface area (Å²) in [7, 11) is 0. The van der Waals surface area contributed by atoms with Crippen LogP contribution in [0.2, 0.25) is 0 Å². The third kappa shape index (κ3) is 21.6. The smallest absolute Gasteiger partial charge is 0.254 e. The second-order valence-electron chi connectivity index (χ2n) is 16.8. The van der Waals surface area contributed by atoms with Gasteiger partial charge in [0.2, 0.25) is 0 Å². The van der Waals surface area contributed by atoms with Gasteiger partial charge in [0.25, 0.3) is 5.91 Å². The molecule has 352 valence electrons. The topological polar surface area (TPSA) is 66.5 Å². The summed E-state index contributed by atoms with van der Waals surface area (Å²) in [4.78, 5) is 20.8. The zero-order chi connectivity index (χ0) is 46.2. The molecule has 5 aromatic carbocycles. The molecule has 0 radical (unpaired) electrons. The van der Waals surface area contributed by atoms with E-state index in [9.17, 15) is 4.79 Å². The van der Waals surface area contributed by atoms with Crippen molar-refractivity contribution < 1.29 is 19.0 Å². The number of para-hydroxylation sites is 2. The van der Waals surface area contributed by atoms with Gasteiger partial charge in [-0.15, -0.1) is 0 Å². The van der Waals surface area contributed by atoms with Gasteiger partial charge in [-0.25, -0.2) is 0 Å². The van der Waals surface area contributed by atoms with E-state index in [1.54, 1.807) is 0 Å². The molecule has 0 aliphatic heterocycles. The summed E-state index contributed by atoms with van der Waals surface area (Å²) in [5, 5.41) is 3.57. The van der Waals surface area contributed by atoms with Crippen molar-refractivity contribution in [3.63, 3.8) is 0 Å². The van der Waals surface area contributed by atoms with Gasteiger partial charge in [0.05, 0.1) is 6.61 Å². The van der Waals surface area contributed by atoms with Crippen molar-refractivity contribution in [2.24, 2.45) is 0 Å². The average molecular weight is 885 g/mol. The predicted molar refractivity (Wildman–Crippen MR) is 272 cm³/mol. The van der Waals surface area contributed by atoms with Gasteiger partial charge < -0.3 is 34.2 Å². The van der Waals surface area contributed by atoms with Crippen molar-refractivity contribution in [3.05, 3.63) is 150 Å². The molecule has 0 bridgehead atoms. The number of carbonyl (C=O) groups is 1. The molecule has 1 N–H and O–H groups in total. The molecule has 65 heavy (non-hydrogen) atoms. The van der Waals surface area contributed by atoms with Crippen LogP contribution in [0.15, 0.2) is 133 Å². The van der Waals surface area contributed by atoms with Gasteiger partial charge in [-0.1, -0.05) is 127 Å². The molecule has 0 fully saturated rings. The van der Waals surface area contributed by atoms with Gasteiger partial charge in [-0.05, 0) is 142 Å². The number of unbranched alkanes of at least 4 members (excludes halogenated alkanes) is 5. The Balaban J connectivity index is 0.000000309. The molecule has 5 aromatic rings. The summed E-state index contributed by atoms with van der Waals surface area (Å²) in [6.45, 7) is 21.6. The van der Waals surface area contributed by atoms with Crippen LogP contribution >= 0.6 is 0 Å². The van der Waals surface area contributed by atoms with E-state index in [-0.39, 0.29) is 5.91 Å². The summed E-state index contributed by atoms with van der Waals surface area (Å²) < 4.78 is 17.6. The normalized spacial score (nSPS) is 11.0. The molecule has 0 unspecified atom stereocenters. The van der Waals surface area contributed by atoms with E-state index in [0.717, 1.165) is 86.4 Å². The summed E-state index contributed by atoms with van der Waals surface area (Å²) in [6.07, 6.45) is 12.0. The molecule has 0 heterocycles. The Morgan fingerprint density at radius 2 is 0.877 bits per heavy atom. The standard InChI is InChI=1S/C34H46N2O3.C23H34N2O/c1-4-7-23-35(24-8-5-2)25-26-36(34(37)30-17-21-31(22-18-30)38-27-9-6-3)28-29-15-19-33(20-16-29)39-32-13-11-10-12-14-32;1-3-5-17-25(18-6-4-2)19-16-24-20-21-12-14-23(15-13-21)26-22-10-8-7-9-11-22/h10-22H,4-9,23-28H2,1-3H3;7-15,24H,3-6,16-20H2,1-2H3. The van der Waals surface area contributed by atoms with Gasteiger partial charge in [0.1, 0.15) is 28.7 Å². The van der Waals surface area contributed by atoms with Crippen molar-refractivity contribution in [2.45, 2.75) is 112 Å². The number of benzene rings is 5. The molecule has 8 nitrogen and oxygen atoms in total. The number of hydrogen-bond acceptors (Lipinski definition) is 7. The molecule has 1 amide bonds. The van der Waals surface area contributed by atoms with Crippen LogP contribution in [0.1, 0.15) is 120 Å². The van der Waals surface area contributed by atoms with Crippen LogP contribution in [0.5, 0.6) is 28.7 Å². The fourth-order valence-corrected chi connectivity index (χ4v) is 7.20. The summed E-state index contributed by atoms with van der Waals surface area (Å²) in [5.41, 5.74) is 3.06. The zero-order valence-corrected chi connectivity index (χ0v) is 40.5. The molecule has 5 rings (SSSR count). The Hall–Kier alpha value is -5.15. The highest BCUT2D eigenvalue weighted by Gasteiger charge is 2.18. The molecule has 0 saturated heterocycles. The minimum absolute atomic E-state index is 0.0469. The Bertz CT molecular complexity index is 1910. The first-order valence-electron chi connectivity index (χ1n) is 24.8. The Morgan fingerprint density at radius 3 is 1.35 bits per heavy atom. The number of amides is 1. The molecule has 0 aliphatic rings. The van der Waals surface area contributed by atoms with Crippen LogP contribution in [0.3, 0.4) is 0 Å². The van der Waals surface area contributed by atoms with E-state index < -0.39 is 0 Å².